The van der Waals surface area contributed by atoms with Crippen LogP contribution in [0.1, 0.15) is 19.8 Å². The second-order valence-electron chi connectivity index (χ2n) is 6.91. The average Bonchev–Trinajstić information content (AvgIpc) is 2.67. The van der Waals surface area contributed by atoms with Crippen molar-refractivity contribution < 1.29 is 9.84 Å². The Morgan fingerprint density at radius 1 is 1.04 bits per heavy atom. The molecule has 26 heavy (non-hydrogen) atoms. The first-order valence-corrected chi connectivity index (χ1v) is 9.05. The van der Waals surface area contributed by atoms with Gasteiger partial charge in [0.15, 0.2) is 5.82 Å². The molecule has 1 saturated heterocycles. The largest absolute Gasteiger partial charge is 0.507 e. The van der Waals surface area contributed by atoms with Crippen LogP contribution in [0.25, 0.3) is 22.3 Å². The summed E-state index contributed by atoms with van der Waals surface area (Å²) in [6, 6.07) is 13.1. The van der Waals surface area contributed by atoms with Crippen LogP contribution < -0.4 is 9.64 Å². The number of nitrogens with zero attached hydrogens (tertiary/aromatic N) is 3. The van der Waals surface area contributed by atoms with Crippen LogP contribution in [0.5, 0.6) is 11.5 Å². The zero-order chi connectivity index (χ0) is 18.1. The molecule has 0 aliphatic carbocycles. The number of hydrogen-bond acceptors (Lipinski definition) is 5. The first-order valence-electron chi connectivity index (χ1n) is 9.05. The van der Waals surface area contributed by atoms with Crippen LogP contribution in [-0.4, -0.2) is 35.3 Å². The van der Waals surface area contributed by atoms with Crippen LogP contribution in [0.2, 0.25) is 0 Å². The molecule has 4 rings (SSSR count). The lowest BCUT2D eigenvalue weighted by Crippen LogP contribution is -2.33. The van der Waals surface area contributed by atoms with Gasteiger partial charge in [-0.2, -0.15) is 0 Å². The van der Waals surface area contributed by atoms with E-state index >= 15 is 0 Å². The van der Waals surface area contributed by atoms with Crippen LogP contribution in [-0.2, 0) is 0 Å². The molecule has 3 aromatic rings. The Hall–Kier alpha value is -2.82. The smallest absolute Gasteiger partial charge is 0.166 e. The fourth-order valence-corrected chi connectivity index (χ4v) is 3.52. The van der Waals surface area contributed by atoms with E-state index in [0.717, 1.165) is 48.6 Å². The molecular formula is C21H23N3O2. The summed E-state index contributed by atoms with van der Waals surface area (Å²) in [5.41, 5.74) is 1.41. The van der Waals surface area contributed by atoms with E-state index in [4.69, 9.17) is 14.7 Å². The van der Waals surface area contributed by atoms with Gasteiger partial charge in [0.1, 0.15) is 22.8 Å². The highest BCUT2D eigenvalue weighted by Gasteiger charge is 2.22. The molecule has 0 unspecified atom stereocenters. The Balaban J connectivity index is 1.93. The van der Waals surface area contributed by atoms with Gasteiger partial charge in [-0.25, -0.2) is 9.97 Å². The van der Waals surface area contributed by atoms with E-state index in [1.807, 2.05) is 30.3 Å². The molecule has 2 aromatic carbocycles. The number of fused-ring (bicyclic) bond motifs is 1. The van der Waals surface area contributed by atoms with Crippen LogP contribution in [0, 0.1) is 5.92 Å². The van der Waals surface area contributed by atoms with Gasteiger partial charge in [-0.15, -0.1) is 0 Å². The van der Waals surface area contributed by atoms with Crippen molar-refractivity contribution >= 4 is 16.7 Å². The average molecular weight is 349 g/mol. The molecular weight excluding hydrogens is 326 g/mol. The normalized spacial score (nSPS) is 15.4. The molecule has 1 aliphatic heterocycles. The Morgan fingerprint density at radius 2 is 1.81 bits per heavy atom. The minimum absolute atomic E-state index is 0.181. The third-order valence-electron chi connectivity index (χ3n) is 5.12. The van der Waals surface area contributed by atoms with Gasteiger partial charge in [-0.05, 0) is 43.0 Å². The van der Waals surface area contributed by atoms with Gasteiger partial charge >= 0.3 is 0 Å². The van der Waals surface area contributed by atoms with Gasteiger partial charge in [0.25, 0.3) is 0 Å². The molecule has 0 atom stereocenters. The molecule has 5 heteroatoms. The molecule has 0 bridgehead atoms. The first kappa shape index (κ1) is 16.6. The highest BCUT2D eigenvalue weighted by Crippen LogP contribution is 2.36. The van der Waals surface area contributed by atoms with Crippen molar-refractivity contribution in [2.24, 2.45) is 5.92 Å². The Kier molecular flexibility index (Phi) is 4.37. The zero-order valence-electron chi connectivity index (χ0n) is 15.1. The minimum atomic E-state index is 0.181. The minimum Gasteiger partial charge on any atom is -0.507 e. The highest BCUT2D eigenvalue weighted by molar-refractivity contribution is 5.95. The van der Waals surface area contributed by atoms with E-state index in [1.165, 1.54) is 0 Å². The molecule has 134 valence electrons. The van der Waals surface area contributed by atoms with Crippen LogP contribution in [0.3, 0.4) is 0 Å². The zero-order valence-corrected chi connectivity index (χ0v) is 15.1. The molecule has 0 saturated carbocycles. The fourth-order valence-electron chi connectivity index (χ4n) is 3.52. The number of hydrogen-bond donors (Lipinski definition) is 1. The van der Waals surface area contributed by atoms with Crippen molar-refractivity contribution in [2.45, 2.75) is 19.8 Å². The summed E-state index contributed by atoms with van der Waals surface area (Å²) >= 11 is 0. The lowest BCUT2D eigenvalue weighted by molar-refractivity contribution is 0.418. The van der Waals surface area contributed by atoms with Crippen LogP contribution >= 0.6 is 0 Å². The summed E-state index contributed by atoms with van der Waals surface area (Å²) in [6.07, 6.45) is 2.31. The molecule has 0 amide bonds. The fraction of sp³-hybridized carbons (Fsp3) is 0.333. The third kappa shape index (κ3) is 2.94. The van der Waals surface area contributed by atoms with Gasteiger partial charge < -0.3 is 14.7 Å². The Labute approximate surface area is 153 Å². The van der Waals surface area contributed by atoms with Gasteiger partial charge in [0.2, 0.25) is 0 Å². The quantitative estimate of drug-likeness (QED) is 0.766. The molecule has 1 aliphatic rings. The summed E-state index contributed by atoms with van der Waals surface area (Å²) in [5.74, 6) is 3.08. The van der Waals surface area contributed by atoms with E-state index in [-0.39, 0.29) is 5.75 Å². The number of para-hydroxylation sites is 2. The number of piperidine rings is 1. The number of phenolic OH excluding ortho intramolecular Hbond substituents is 1. The second-order valence-corrected chi connectivity index (χ2v) is 6.91. The molecule has 1 aromatic heterocycles. The van der Waals surface area contributed by atoms with Gasteiger partial charge in [0, 0.05) is 18.5 Å². The van der Waals surface area contributed by atoms with Gasteiger partial charge in [-0.3, -0.25) is 0 Å². The monoisotopic (exact) mass is 349 g/mol. The number of aromatic hydroxyl groups is 1. The number of ether oxygens (including phenoxy) is 1. The number of aromatic nitrogens is 2. The third-order valence-corrected chi connectivity index (χ3v) is 5.12. The lowest BCUT2D eigenvalue weighted by Gasteiger charge is -2.32. The number of methoxy groups -OCH3 is 1. The summed E-state index contributed by atoms with van der Waals surface area (Å²) in [6.45, 7) is 4.25. The predicted molar refractivity (Wildman–Crippen MR) is 104 cm³/mol. The summed E-state index contributed by atoms with van der Waals surface area (Å²) in [5, 5.41) is 11.3. The number of anilines is 1. The molecule has 0 spiro atoms. The van der Waals surface area contributed by atoms with E-state index in [0.29, 0.717) is 17.1 Å². The highest BCUT2D eigenvalue weighted by atomic mass is 16.5. The van der Waals surface area contributed by atoms with Crippen molar-refractivity contribution in [3.05, 3.63) is 42.5 Å². The second kappa shape index (κ2) is 6.83. The number of rotatable bonds is 3. The van der Waals surface area contributed by atoms with Crippen molar-refractivity contribution in [3.8, 4) is 22.9 Å². The Morgan fingerprint density at radius 3 is 2.54 bits per heavy atom. The van der Waals surface area contributed by atoms with Crippen molar-refractivity contribution in [1.29, 1.82) is 0 Å². The maximum Gasteiger partial charge on any atom is 0.166 e. The van der Waals surface area contributed by atoms with E-state index in [2.05, 4.69) is 11.8 Å². The van der Waals surface area contributed by atoms with Crippen LogP contribution in [0.4, 0.5) is 5.82 Å². The number of benzene rings is 2. The Bertz CT molecular complexity index is 934. The predicted octanol–water partition coefficient (Wildman–Crippen LogP) is 4.25. The molecule has 1 N–H and O–H groups in total. The topological polar surface area (TPSA) is 58.5 Å². The lowest BCUT2D eigenvalue weighted by atomic mass is 9.99. The summed E-state index contributed by atoms with van der Waals surface area (Å²) in [7, 11) is 1.65. The van der Waals surface area contributed by atoms with Crippen molar-refractivity contribution in [2.75, 3.05) is 25.1 Å². The van der Waals surface area contributed by atoms with Gasteiger partial charge in [-0.1, -0.05) is 25.1 Å². The van der Waals surface area contributed by atoms with E-state index in [9.17, 15) is 5.11 Å². The van der Waals surface area contributed by atoms with Crippen LogP contribution in [0.15, 0.2) is 42.5 Å². The standard InChI is InChI=1S/C21H23N3O2/c1-14-10-12-24(13-11-14)21-16-7-5-9-18(26-2)19(16)22-20(23-21)15-6-3-4-8-17(15)25/h3-9,14,25H,10-13H2,1-2H3. The SMILES string of the molecule is COc1cccc2c(N3CCC(C)CC3)nc(-c3ccccc3O)nc12. The van der Waals surface area contributed by atoms with Crippen molar-refractivity contribution in [1.82, 2.24) is 9.97 Å². The number of phenols is 1. The first-order chi connectivity index (χ1) is 12.7. The van der Waals surface area contributed by atoms with Crippen molar-refractivity contribution in [3.63, 3.8) is 0 Å². The summed E-state index contributed by atoms with van der Waals surface area (Å²) in [4.78, 5) is 11.9. The molecule has 5 nitrogen and oxygen atoms in total. The molecule has 0 radical (unpaired) electrons. The molecule has 2 heterocycles. The summed E-state index contributed by atoms with van der Waals surface area (Å²) < 4.78 is 5.54. The maximum atomic E-state index is 10.3. The van der Waals surface area contributed by atoms with Gasteiger partial charge in [0.05, 0.1) is 12.7 Å². The molecule has 1 fully saturated rings. The van der Waals surface area contributed by atoms with E-state index < -0.39 is 0 Å². The maximum absolute atomic E-state index is 10.3. The van der Waals surface area contributed by atoms with E-state index in [1.54, 1.807) is 19.2 Å².